The molecule has 1 unspecified atom stereocenters. The molecule has 0 radical (unpaired) electrons. The van der Waals surface area contributed by atoms with Crippen LogP contribution in [0.5, 0.6) is 11.5 Å². The van der Waals surface area contributed by atoms with E-state index in [9.17, 15) is 18.7 Å². The van der Waals surface area contributed by atoms with E-state index in [4.69, 9.17) is 20.6 Å². The molecule has 1 heterocycles. The molecule has 8 heteroatoms. The number of nitrogens with zero attached hydrogens (tertiary/aromatic N) is 1. The number of aromatic carboxylic acids is 1. The Morgan fingerprint density at radius 1 is 1.08 bits per heavy atom. The largest absolute Gasteiger partial charge is 0.497 e. The van der Waals surface area contributed by atoms with Gasteiger partial charge in [0, 0.05) is 11.5 Å². The van der Waals surface area contributed by atoms with E-state index in [2.05, 4.69) is 10.9 Å². The van der Waals surface area contributed by atoms with Crippen LogP contribution in [0.3, 0.4) is 0 Å². The minimum atomic E-state index is -1.15. The third-order valence-electron chi connectivity index (χ3n) is 5.66. The third-order valence-corrected chi connectivity index (χ3v) is 5.66. The van der Waals surface area contributed by atoms with Crippen molar-refractivity contribution in [1.82, 2.24) is 4.98 Å². The highest BCUT2D eigenvalue weighted by atomic mass is 19.2. The number of hydrogen-bond donors (Lipinski definition) is 1. The highest BCUT2D eigenvalue weighted by Crippen LogP contribution is 2.27. The minimum Gasteiger partial charge on any atom is -0.497 e. The first kappa shape index (κ1) is 26.3. The Labute approximate surface area is 218 Å². The smallest absolute Gasteiger partial charge is 0.339 e. The van der Waals surface area contributed by atoms with Crippen molar-refractivity contribution in [3.63, 3.8) is 0 Å². The standard InChI is InChI=1S/C30H23F2NO5/c1-3-13-37-29(18-38-28-12-11-23(36-2)16-24(28)30(34)35)21-6-4-5-19(14-21)7-9-22-10-8-20-15-25(31)26(32)17-27(20)33-22/h1,4-12,14-17,29H,13,18H2,2H3,(H,34,35)/b9-7+. The monoisotopic (exact) mass is 515 g/mol. The van der Waals surface area contributed by atoms with E-state index in [1.165, 1.54) is 19.2 Å². The fraction of sp³-hybridized carbons (Fsp3) is 0.133. The summed E-state index contributed by atoms with van der Waals surface area (Å²) in [6.07, 6.45) is 8.38. The molecule has 0 aliphatic heterocycles. The van der Waals surface area contributed by atoms with Crippen molar-refractivity contribution in [2.45, 2.75) is 6.10 Å². The maximum atomic E-state index is 13.6. The second kappa shape index (κ2) is 12.0. The van der Waals surface area contributed by atoms with E-state index in [1.54, 1.807) is 24.3 Å². The van der Waals surface area contributed by atoms with E-state index in [1.807, 2.05) is 30.3 Å². The van der Waals surface area contributed by atoms with Crippen molar-refractivity contribution in [2.75, 3.05) is 20.3 Å². The molecule has 38 heavy (non-hydrogen) atoms. The lowest BCUT2D eigenvalue weighted by Crippen LogP contribution is -2.16. The maximum Gasteiger partial charge on any atom is 0.339 e. The van der Waals surface area contributed by atoms with Crippen LogP contribution in [0.1, 0.15) is 33.3 Å². The highest BCUT2D eigenvalue weighted by molar-refractivity contribution is 5.91. The molecule has 192 valence electrons. The van der Waals surface area contributed by atoms with Gasteiger partial charge >= 0.3 is 5.97 Å². The number of carboxylic acid groups (broad SMARTS) is 1. The molecule has 0 saturated heterocycles. The van der Waals surface area contributed by atoms with Crippen LogP contribution in [0.25, 0.3) is 23.1 Å². The Balaban J connectivity index is 1.54. The summed E-state index contributed by atoms with van der Waals surface area (Å²) in [5, 5.41) is 10.0. The molecule has 4 rings (SSSR count). The summed E-state index contributed by atoms with van der Waals surface area (Å²) >= 11 is 0. The van der Waals surface area contributed by atoms with Crippen LogP contribution < -0.4 is 9.47 Å². The number of carboxylic acids is 1. The number of rotatable bonds is 10. The number of benzene rings is 3. The number of ether oxygens (including phenoxy) is 3. The average Bonchev–Trinajstić information content (AvgIpc) is 2.92. The topological polar surface area (TPSA) is 77.9 Å². The zero-order chi connectivity index (χ0) is 27.1. The number of halogens is 2. The van der Waals surface area contributed by atoms with Crippen molar-refractivity contribution in [3.05, 3.63) is 101 Å². The van der Waals surface area contributed by atoms with Crippen molar-refractivity contribution in [1.29, 1.82) is 0 Å². The van der Waals surface area contributed by atoms with Crippen molar-refractivity contribution < 1.29 is 32.9 Å². The molecule has 1 aromatic heterocycles. The van der Waals surface area contributed by atoms with Crippen LogP contribution >= 0.6 is 0 Å². The molecule has 4 aromatic rings. The van der Waals surface area contributed by atoms with Crippen LogP contribution in [-0.4, -0.2) is 36.4 Å². The molecule has 0 fully saturated rings. The van der Waals surface area contributed by atoms with Gasteiger partial charge in [0.2, 0.25) is 0 Å². The molecule has 0 aliphatic carbocycles. The van der Waals surface area contributed by atoms with Crippen molar-refractivity contribution >= 4 is 29.0 Å². The molecule has 0 aliphatic rings. The van der Waals surface area contributed by atoms with E-state index < -0.39 is 23.7 Å². The van der Waals surface area contributed by atoms with Gasteiger partial charge in [-0.2, -0.15) is 0 Å². The second-order valence-corrected chi connectivity index (χ2v) is 8.18. The van der Waals surface area contributed by atoms with E-state index in [0.717, 1.165) is 23.3 Å². The van der Waals surface area contributed by atoms with Crippen LogP contribution in [-0.2, 0) is 4.74 Å². The van der Waals surface area contributed by atoms with Gasteiger partial charge in [0.15, 0.2) is 11.6 Å². The number of pyridine rings is 1. The van der Waals surface area contributed by atoms with Crippen LogP contribution in [0.4, 0.5) is 8.78 Å². The molecule has 0 saturated carbocycles. The summed E-state index contributed by atoms with van der Waals surface area (Å²) in [5.41, 5.74) is 2.45. The summed E-state index contributed by atoms with van der Waals surface area (Å²) in [4.78, 5) is 16.0. The number of hydrogen-bond acceptors (Lipinski definition) is 5. The quantitative estimate of drug-likeness (QED) is 0.255. The number of aromatic nitrogens is 1. The molecule has 0 amide bonds. The molecule has 1 atom stereocenters. The Kier molecular flexibility index (Phi) is 8.31. The molecular formula is C30H23F2NO5. The van der Waals surface area contributed by atoms with Crippen molar-refractivity contribution in [3.8, 4) is 23.8 Å². The Hall–Kier alpha value is -4.74. The number of terminal acetylenes is 1. The zero-order valence-corrected chi connectivity index (χ0v) is 20.4. The van der Waals surface area contributed by atoms with E-state index >= 15 is 0 Å². The molecule has 3 aromatic carbocycles. The summed E-state index contributed by atoms with van der Waals surface area (Å²) in [5.74, 6) is -0.0274. The first-order valence-electron chi connectivity index (χ1n) is 11.5. The van der Waals surface area contributed by atoms with Gasteiger partial charge in [-0.25, -0.2) is 18.6 Å². The molecule has 1 N–H and O–H groups in total. The van der Waals surface area contributed by atoms with Gasteiger partial charge in [0.1, 0.15) is 36.4 Å². The van der Waals surface area contributed by atoms with Gasteiger partial charge in [0.25, 0.3) is 0 Å². The van der Waals surface area contributed by atoms with E-state index in [-0.39, 0.29) is 24.5 Å². The van der Waals surface area contributed by atoms with Gasteiger partial charge in [-0.15, -0.1) is 6.42 Å². The van der Waals surface area contributed by atoms with E-state index in [0.29, 0.717) is 22.3 Å². The lowest BCUT2D eigenvalue weighted by molar-refractivity contribution is 0.0375. The summed E-state index contributed by atoms with van der Waals surface area (Å²) in [6.45, 7) is 0.0382. The van der Waals surface area contributed by atoms with Gasteiger partial charge in [-0.1, -0.05) is 36.3 Å². The maximum absolute atomic E-state index is 13.6. The summed E-state index contributed by atoms with van der Waals surface area (Å²) in [7, 11) is 1.45. The van der Waals surface area contributed by atoms with Gasteiger partial charge in [-0.3, -0.25) is 0 Å². The lowest BCUT2D eigenvalue weighted by Gasteiger charge is -2.19. The van der Waals surface area contributed by atoms with Gasteiger partial charge < -0.3 is 19.3 Å². The normalized spacial score (nSPS) is 11.8. The zero-order valence-electron chi connectivity index (χ0n) is 20.4. The molecule has 0 spiro atoms. The average molecular weight is 516 g/mol. The first-order valence-corrected chi connectivity index (χ1v) is 11.5. The molecule has 6 nitrogen and oxygen atoms in total. The van der Waals surface area contributed by atoms with Gasteiger partial charge in [-0.05, 0) is 53.6 Å². The number of carbonyl (C=O) groups is 1. The lowest BCUT2D eigenvalue weighted by atomic mass is 10.1. The third kappa shape index (κ3) is 6.33. The first-order chi connectivity index (χ1) is 18.4. The van der Waals surface area contributed by atoms with Gasteiger partial charge in [0.05, 0.1) is 18.3 Å². The van der Waals surface area contributed by atoms with Crippen LogP contribution in [0, 0.1) is 24.0 Å². The number of methoxy groups -OCH3 is 1. The predicted octanol–water partition coefficient (Wildman–Crippen LogP) is 6.16. The highest BCUT2D eigenvalue weighted by Gasteiger charge is 2.17. The number of fused-ring (bicyclic) bond motifs is 1. The SMILES string of the molecule is C#CCOC(COc1ccc(OC)cc1C(=O)O)c1cccc(/C=C/c2ccc3cc(F)c(F)cc3n2)c1. The van der Waals surface area contributed by atoms with Crippen LogP contribution in [0.15, 0.2) is 66.7 Å². The predicted molar refractivity (Wildman–Crippen MR) is 140 cm³/mol. The summed E-state index contributed by atoms with van der Waals surface area (Å²) < 4.78 is 43.8. The minimum absolute atomic E-state index is 0.00973. The molecule has 0 bridgehead atoms. The fourth-order valence-electron chi connectivity index (χ4n) is 3.75. The van der Waals surface area contributed by atoms with Crippen LogP contribution in [0.2, 0.25) is 0 Å². The molecular weight excluding hydrogens is 492 g/mol. The van der Waals surface area contributed by atoms with Crippen molar-refractivity contribution in [2.24, 2.45) is 0 Å². The Morgan fingerprint density at radius 2 is 1.89 bits per heavy atom. The fourth-order valence-corrected chi connectivity index (χ4v) is 3.75. The summed E-state index contributed by atoms with van der Waals surface area (Å²) in [6, 6.07) is 17.5. The Morgan fingerprint density at radius 3 is 2.66 bits per heavy atom. The second-order valence-electron chi connectivity index (χ2n) is 8.18. The Bertz CT molecular complexity index is 1540.